The summed E-state index contributed by atoms with van der Waals surface area (Å²) < 4.78 is 0. The van der Waals surface area contributed by atoms with Crippen molar-refractivity contribution in [2.75, 3.05) is 18.1 Å². The van der Waals surface area contributed by atoms with Crippen molar-refractivity contribution in [3.63, 3.8) is 0 Å². The lowest BCUT2D eigenvalue weighted by atomic mass is 9.91. The van der Waals surface area contributed by atoms with E-state index in [9.17, 15) is 9.59 Å². The van der Waals surface area contributed by atoms with Gasteiger partial charge in [0.1, 0.15) is 5.71 Å². The molecule has 23 heavy (non-hydrogen) atoms. The number of benzene rings is 1. The van der Waals surface area contributed by atoms with Crippen LogP contribution >= 0.6 is 0 Å². The summed E-state index contributed by atoms with van der Waals surface area (Å²) in [7, 11) is 0. The second-order valence-corrected chi connectivity index (χ2v) is 6.74. The van der Waals surface area contributed by atoms with Gasteiger partial charge < -0.3 is 4.90 Å². The number of hydrogen-bond acceptors (Lipinski definition) is 3. The Hall–Kier alpha value is -2.17. The fraction of sp³-hybridized carbons (Fsp3) is 0.500. The van der Waals surface area contributed by atoms with Crippen molar-refractivity contribution >= 4 is 23.2 Å². The predicted octanol–water partition coefficient (Wildman–Crippen LogP) is 2.67. The largest absolute Gasteiger partial charge is 0.337 e. The van der Waals surface area contributed by atoms with Gasteiger partial charge in [0.15, 0.2) is 0 Å². The van der Waals surface area contributed by atoms with Gasteiger partial charge in [0.2, 0.25) is 5.91 Å². The maximum absolute atomic E-state index is 12.8. The third kappa shape index (κ3) is 3.44. The van der Waals surface area contributed by atoms with E-state index in [1.165, 1.54) is 5.01 Å². The Balaban J connectivity index is 1.81. The van der Waals surface area contributed by atoms with E-state index < -0.39 is 0 Å². The summed E-state index contributed by atoms with van der Waals surface area (Å²) >= 11 is 0. The number of hydrazone groups is 1. The number of anilines is 1. The summed E-state index contributed by atoms with van der Waals surface area (Å²) in [6.45, 7) is 5.92. The first-order valence-corrected chi connectivity index (χ1v) is 8.29. The minimum Gasteiger partial charge on any atom is -0.337 e. The molecule has 0 bridgehead atoms. The molecule has 0 unspecified atom stereocenters. The van der Waals surface area contributed by atoms with Crippen molar-refractivity contribution in [3.8, 4) is 0 Å². The summed E-state index contributed by atoms with van der Waals surface area (Å²) in [5, 5.41) is 5.74. The predicted molar refractivity (Wildman–Crippen MR) is 90.1 cm³/mol. The second kappa shape index (κ2) is 6.52. The molecule has 1 aromatic carbocycles. The zero-order chi connectivity index (χ0) is 16.4. The molecule has 1 fully saturated rings. The highest BCUT2D eigenvalue weighted by atomic mass is 16.2. The first-order chi connectivity index (χ1) is 11.0. The molecule has 2 aliphatic heterocycles. The maximum atomic E-state index is 12.8. The third-order valence-corrected chi connectivity index (χ3v) is 4.44. The van der Waals surface area contributed by atoms with E-state index >= 15 is 0 Å². The highest BCUT2D eigenvalue weighted by Crippen LogP contribution is 2.24. The number of piperidine rings is 1. The van der Waals surface area contributed by atoms with E-state index in [1.807, 2.05) is 35.2 Å². The van der Waals surface area contributed by atoms with Crippen LogP contribution in [0.2, 0.25) is 0 Å². The number of nitrogens with zero attached hydrogens (tertiary/aromatic N) is 3. The van der Waals surface area contributed by atoms with Gasteiger partial charge in [-0.1, -0.05) is 32.0 Å². The first-order valence-electron chi connectivity index (χ1n) is 8.29. The lowest BCUT2D eigenvalue weighted by molar-refractivity contribution is -0.126. The Kier molecular flexibility index (Phi) is 4.46. The zero-order valence-electron chi connectivity index (χ0n) is 13.7. The van der Waals surface area contributed by atoms with Crippen LogP contribution in [-0.4, -0.2) is 35.5 Å². The molecule has 1 aromatic rings. The van der Waals surface area contributed by atoms with Crippen LogP contribution in [-0.2, 0) is 9.59 Å². The van der Waals surface area contributed by atoms with Gasteiger partial charge in [0.05, 0.1) is 5.69 Å². The van der Waals surface area contributed by atoms with Crippen molar-refractivity contribution in [2.24, 2.45) is 16.9 Å². The van der Waals surface area contributed by atoms with Crippen LogP contribution in [0.3, 0.4) is 0 Å². The third-order valence-electron chi connectivity index (χ3n) is 4.44. The lowest BCUT2D eigenvalue weighted by Gasteiger charge is -2.36. The van der Waals surface area contributed by atoms with Crippen LogP contribution in [0.4, 0.5) is 5.69 Å². The SMILES string of the molecule is C[C@H]1C[C@H](C)CN(C(=O)C2=NN(c3ccccc3)C(=O)CC2)C1. The minimum atomic E-state index is -0.0619. The van der Waals surface area contributed by atoms with Crippen molar-refractivity contribution in [2.45, 2.75) is 33.1 Å². The molecule has 1 saturated heterocycles. The summed E-state index contributed by atoms with van der Waals surface area (Å²) in [6, 6.07) is 9.29. The molecule has 2 aliphatic rings. The molecule has 0 aromatic heterocycles. The van der Waals surface area contributed by atoms with Crippen molar-refractivity contribution < 1.29 is 9.59 Å². The fourth-order valence-corrected chi connectivity index (χ4v) is 3.49. The van der Waals surface area contributed by atoms with Crippen molar-refractivity contribution in [3.05, 3.63) is 30.3 Å². The molecule has 0 spiro atoms. The summed E-state index contributed by atoms with van der Waals surface area (Å²) in [5.41, 5.74) is 1.21. The van der Waals surface area contributed by atoms with Gasteiger partial charge in [-0.25, -0.2) is 5.01 Å². The number of amides is 2. The number of hydrogen-bond donors (Lipinski definition) is 0. The Morgan fingerprint density at radius 1 is 1.09 bits per heavy atom. The van der Waals surface area contributed by atoms with Crippen LogP contribution in [0.1, 0.15) is 33.1 Å². The molecule has 5 heteroatoms. The average molecular weight is 313 g/mol. The molecule has 2 heterocycles. The molecule has 0 N–H and O–H groups in total. The van der Waals surface area contributed by atoms with E-state index in [4.69, 9.17) is 0 Å². The Morgan fingerprint density at radius 2 is 1.74 bits per heavy atom. The zero-order valence-corrected chi connectivity index (χ0v) is 13.7. The van der Waals surface area contributed by atoms with Crippen LogP contribution < -0.4 is 5.01 Å². The number of carbonyl (C=O) groups excluding carboxylic acids is 2. The molecule has 5 nitrogen and oxygen atoms in total. The standard InChI is InChI=1S/C18H23N3O2/c1-13-10-14(2)12-20(11-13)18(23)16-8-9-17(22)21(19-16)15-6-4-3-5-7-15/h3-7,13-14H,8-12H2,1-2H3/t13-,14-/m0/s1. The van der Waals surface area contributed by atoms with Gasteiger partial charge in [-0.15, -0.1) is 0 Å². The minimum absolute atomic E-state index is 0.0168. The first kappa shape index (κ1) is 15.7. The lowest BCUT2D eigenvalue weighted by Crippen LogP contribution is -2.47. The van der Waals surface area contributed by atoms with Crippen LogP contribution in [0.25, 0.3) is 0 Å². The smallest absolute Gasteiger partial charge is 0.270 e. The van der Waals surface area contributed by atoms with E-state index in [0.29, 0.717) is 36.1 Å². The maximum Gasteiger partial charge on any atom is 0.270 e. The number of likely N-dealkylation sites (tertiary alicyclic amines) is 1. The van der Waals surface area contributed by atoms with Gasteiger partial charge in [-0.3, -0.25) is 9.59 Å². The Bertz CT molecular complexity index is 616. The highest BCUT2D eigenvalue weighted by molar-refractivity contribution is 6.40. The molecule has 3 rings (SSSR count). The van der Waals surface area contributed by atoms with E-state index in [-0.39, 0.29) is 11.8 Å². The quantitative estimate of drug-likeness (QED) is 0.843. The van der Waals surface area contributed by atoms with E-state index in [1.54, 1.807) is 0 Å². The summed E-state index contributed by atoms with van der Waals surface area (Å²) in [4.78, 5) is 26.8. The Morgan fingerprint density at radius 3 is 2.39 bits per heavy atom. The van der Waals surface area contributed by atoms with Gasteiger partial charge >= 0.3 is 0 Å². The van der Waals surface area contributed by atoms with Crippen LogP contribution in [0.15, 0.2) is 35.4 Å². The van der Waals surface area contributed by atoms with Gasteiger partial charge in [0, 0.05) is 25.9 Å². The molecular weight excluding hydrogens is 290 g/mol. The van der Waals surface area contributed by atoms with Crippen LogP contribution in [0.5, 0.6) is 0 Å². The van der Waals surface area contributed by atoms with Gasteiger partial charge in [-0.2, -0.15) is 5.10 Å². The molecular formula is C18H23N3O2. The molecule has 0 aliphatic carbocycles. The number of para-hydroxylation sites is 1. The summed E-state index contributed by atoms with van der Waals surface area (Å²) in [5.74, 6) is 0.947. The highest BCUT2D eigenvalue weighted by Gasteiger charge is 2.31. The monoisotopic (exact) mass is 313 g/mol. The van der Waals surface area contributed by atoms with Crippen molar-refractivity contribution in [1.82, 2.24) is 4.90 Å². The summed E-state index contributed by atoms with van der Waals surface area (Å²) in [6.07, 6.45) is 1.92. The van der Waals surface area contributed by atoms with Gasteiger partial charge in [-0.05, 0) is 30.4 Å². The average Bonchev–Trinajstić information content (AvgIpc) is 2.54. The topological polar surface area (TPSA) is 53.0 Å². The van der Waals surface area contributed by atoms with E-state index in [0.717, 1.165) is 19.5 Å². The molecule has 0 saturated carbocycles. The molecule has 122 valence electrons. The molecule has 2 atom stereocenters. The second-order valence-electron chi connectivity index (χ2n) is 6.74. The molecule has 0 radical (unpaired) electrons. The number of carbonyl (C=O) groups is 2. The van der Waals surface area contributed by atoms with Gasteiger partial charge in [0.25, 0.3) is 5.91 Å². The molecule has 2 amide bonds. The number of rotatable bonds is 2. The van der Waals surface area contributed by atoms with Crippen molar-refractivity contribution in [1.29, 1.82) is 0 Å². The van der Waals surface area contributed by atoms with Crippen LogP contribution in [0, 0.1) is 11.8 Å². The fourth-order valence-electron chi connectivity index (χ4n) is 3.49. The Labute approximate surface area is 137 Å². The van der Waals surface area contributed by atoms with E-state index in [2.05, 4.69) is 18.9 Å². The normalized spacial score (nSPS) is 25.3.